The summed E-state index contributed by atoms with van der Waals surface area (Å²) in [5.74, 6) is 0.666. The summed E-state index contributed by atoms with van der Waals surface area (Å²) in [6, 6.07) is 9.59. The van der Waals surface area contributed by atoms with E-state index >= 15 is 0 Å². The van der Waals surface area contributed by atoms with Gasteiger partial charge in [-0.05, 0) is 31.2 Å². The third-order valence-electron chi connectivity index (χ3n) is 5.26. The van der Waals surface area contributed by atoms with Gasteiger partial charge in [0.1, 0.15) is 18.1 Å². The average Bonchev–Trinajstić information content (AvgIpc) is 3.43. The van der Waals surface area contributed by atoms with Gasteiger partial charge in [-0.2, -0.15) is 0 Å². The van der Waals surface area contributed by atoms with Crippen molar-refractivity contribution in [3.05, 3.63) is 66.2 Å². The molecule has 0 radical (unpaired) electrons. The van der Waals surface area contributed by atoms with Gasteiger partial charge in [0.2, 0.25) is 5.89 Å². The van der Waals surface area contributed by atoms with E-state index in [9.17, 15) is 4.79 Å². The van der Waals surface area contributed by atoms with Gasteiger partial charge in [0.05, 0.1) is 11.3 Å². The number of benzene rings is 1. The molecule has 4 aromatic rings. The van der Waals surface area contributed by atoms with Gasteiger partial charge in [-0.3, -0.25) is 9.78 Å². The minimum Gasteiger partial charge on any atom is -0.417 e. The van der Waals surface area contributed by atoms with Crippen LogP contribution in [0, 0.1) is 6.92 Å². The highest BCUT2D eigenvalue weighted by Gasteiger charge is 2.35. The van der Waals surface area contributed by atoms with Gasteiger partial charge < -0.3 is 9.32 Å². The number of rotatable bonds is 3. The van der Waals surface area contributed by atoms with Crippen LogP contribution in [0.3, 0.4) is 0 Å². The van der Waals surface area contributed by atoms with Crippen LogP contribution in [-0.4, -0.2) is 42.5 Å². The van der Waals surface area contributed by atoms with Crippen molar-refractivity contribution in [1.29, 1.82) is 0 Å². The van der Waals surface area contributed by atoms with Crippen LogP contribution >= 0.6 is 0 Å². The molecule has 8 nitrogen and oxygen atoms in total. The summed E-state index contributed by atoms with van der Waals surface area (Å²) in [6.07, 6.45) is 6.36. The predicted molar refractivity (Wildman–Crippen MR) is 105 cm³/mol. The highest BCUT2D eigenvalue weighted by atomic mass is 16.4. The van der Waals surface area contributed by atoms with E-state index in [-0.39, 0.29) is 11.9 Å². The maximum atomic E-state index is 13.0. The fourth-order valence-electron chi connectivity index (χ4n) is 3.78. The maximum absolute atomic E-state index is 13.0. The smallest absolute Gasteiger partial charge is 0.267 e. The molecular weight excluding hydrogens is 368 g/mol. The zero-order valence-electron chi connectivity index (χ0n) is 15.8. The van der Waals surface area contributed by atoms with Crippen LogP contribution in [0.15, 0.2) is 53.5 Å². The Kier molecular flexibility index (Phi) is 4.23. The number of pyridine rings is 1. The predicted octanol–water partition coefficient (Wildman–Crippen LogP) is 3.36. The van der Waals surface area contributed by atoms with E-state index in [1.165, 1.54) is 6.33 Å². The van der Waals surface area contributed by atoms with Gasteiger partial charge in [0.15, 0.2) is 0 Å². The number of fused-ring (bicyclic) bond motifs is 1. The molecule has 0 bridgehead atoms. The first-order chi connectivity index (χ1) is 14.2. The van der Waals surface area contributed by atoms with Gasteiger partial charge in [-0.1, -0.05) is 24.3 Å². The van der Waals surface area contributed by atoms with E-state index in [1.54, 1.807) is 24.2 Å². The molecule has 144 valence electrons. The summed E-state index contributed by atoms with van der Waals surface area (Å²) in [6.45, 7) is 2.43. The quantitative estimate of drug-likeness (QED) is 0.532. The second-order valence-electron chi connectivity index (χ2n) is 7.00. The molecule has 0 aliphatic carbocycles. The van der Waals surface area contributed by atoms with E-state index < -0.39 is 0 Å². The highest BCUT2D eigenvalue weighted by molar-refractivity contribution is 5.95. The lowest BCUT2D eigenvalue weighted by Gasteiger charge is -2.22. The Labute approximate surface area is 166 Å². The number of carbonyl (C=O) groups excluding carboxylic acids is 1. The molecule has 5 rings (SSSR count). The van der Waals surface area contributed by atoms with Crippen molar-refractivity contribution in [3.63, 3.8) is 0 Å². The molecule has 1 saturated heterocycles. The Bertz CT molecular complexity index is 1200. The summed E-state index contributed by atoms with van der Waals surface area (Å²) in [7, 11) is 0. The molecule has 0 spiro atoms. The highest BCUT2D eigenvalue weighted by Crippen LogP contribution is 2.34. The molecule has 29 heavy (non-hydrogen) atoms. The van der Waals surface area contributed by atoms with E-state index in [4.69, 9.17) is 4.42 Å². The van der Waals surface area contributed by atoms with Crippen LogP contribution < -0.4 is 0 Å². The number of aryl methyl sites for hydroxylation is 1. The van der Waals surface area contributed by atoms with Crippen molar-refractivity contribution in [2.75, 3.05) is 6.54 Å². The molecule has 0 saturated carbocycles. The van der Waals surface area contributed by atoms with Crippen molar-refractivity contribution in [2.24, 2.45) is 0 Å². The van der Waals surface area contributed by atoms with Crippen LogP contribution in [0.25, 0.3) is 22.4 Å². The Morgan fingerprint density at radius 1 is 1.17 bits per heavy atom. The van der Waals surface area contributed by atoms with Gasteiger partial charge in [0.25, 0.3) is 11.8 Å². The SMILES string of the molecule is Cc1ncncc1C(=O)N1CCC[C@@H]1c1nnc(-c2nccc3ccccc23)o1. The number of aromatic nitrogens is 5. The maximum Gasteiger partial charge on any atom is 0.267 e. The molecular formula is C21H18N6O2. The molecule has 3 aromatic heterocycles. The fourth-order valence-corrected chi connectivity index (χ4v) is 3.78. The van der Waals surface area contributed by atoms with Crippen LogP contribution in [0.2, 0.25) is 0 Å². The Hall–Kier alpha value is -3.68. The van der Waals surface area contributed by atoms with Gasteiger partial charge >= 0.3 is 0 Å². The third-order valence-corrected chi connectivity index (χ3v) is 5.26. The molecule has 1 fully saturated rings. The molecule has 1 aliphatic rings. The lowest BCUT2D eigenvalue weighted by Crippen LogP contribution is -2.31. The van der Waals surface area contributed by atoms with E-state index in [2.05, 4.69) is 25.1 Å². The number of nitrogens with zero attached hydrogens (tertiary/aromatic N) is 6. The Balaban J connectivity index is 1.48. The normalized spacial score (nSPS) is 16.4. The molecule has 4 heterocycles. The second-order valence-corrected chi connectivity index (χ2v) is 7.00. The van der Waals surface area contributed by atoms with Crippen LogP contribution in [0.5, 0.6) is 0 Å². The summed E-state index contributed by atoms with van der Waals surface area (Å²) < 4.78 is 6.00. The lowest BCUT2D eigenvalue weighted by molar-refractivity contribution is 0.0714. The first-order valence-electron chi connectivity index (χ1n) is 9.47. The number of likely N-dealkylation sites (tertiary alicyclic amines) is 1. The van der Waals surface area contributed by atoms with Crippen molar-refractivity contribution in [3.8, 4) is 11.6 Å². The first kappa shape index (κ1) is 17.4. The largest absolute Gasteiger partial charge is 0.417 e. The first-order valence-corrected chi connectivity index (χ1v) is 9.47. The lowest BCUT2D eigenvalue weighted by atomic mass is 10.1. The molecule has 1 amide bonds. The summed E-state index contributed by atoms with van der Waals surface area (Å²) in [4.78, 5) is 27.4. The van der Waals surface area contributed by atoms with Crippen molar-refractivity contribution in [1.82, 2.24) is 30.0 Å². The number of amides is 1. The van der Waals surface area contributed by atoms with Crippen LogP contribution in [-0.2, 0) is 0 Å². The molecule has 0 unspecified atom stereocenters. The Morgan fingerprint density at radius 3 is 2.97 bits per heavy atom. The van der Waals surface area contributed by atoms with Crippen LogP contribution in [0.4, 0.5) is 0 Å². The molecule has 1 atom stereocenters. The molecule has 1 aromatic carbocycles. The average molecular weight is 386 g/mol. The number of hydrogen-bond acceptors (Lipinski definition) is 7. The number of hydrogen-bond donors (Lipinski definition) is 0. The van der Waals surface area contributed by atoms with Gasteiger partial charge in [-0.25, -0.2) is 9.97 Å². The molecule has 1 aliphatic heterocycles. The number of carbonyl (C=O) groups is 1. The van der Waals surface area contributed by atoms with E-state index in [0.717, 1.165) is 23.6 Å². The van der Waals surface area contributed by atoms with Crippen molar-refractivity contribution >= 4 is 16.7 Å². The van der Waals surface area contributed by atoms with Gasteiger partial charge in [0, 0.05) is 24.3 Å². The zero-order valence-corrected chi connectivity index (χ0v) is 15.8. The zero-order chi connectivity index (χ0) is 19.8. The summed E-state index contributed by atoms with van der Waals surface area (Å²) in [5, 5.41) is 10.5. The summed E-state index contributed by atoms with van der Waals surface area (Å²) >= 11 is 0. The molecule has 8 heteroatoms. The molecule has 0 N–H and O–H groups in total. The fraction of sp³-hybridized carbons (Fsp3) is 0.238. The minimum atomic E-state index is -0.265. The standard InChI is InChI=1S/C21H18N6O2/c1-13-16(11-22-12-24-13)21(28)27-10-4-7-17(27)19-25-26-20(29-19)18-15-6-3-2-5-14(15)8-9-23-18/h2-3,5-6,8-9,11-12,17H,4,7,10H2,1H3/t17-/m1/s1. The van der Waals surface area contributed by atoms with E-state index in [1.807, 2.05) is 30.3 Å². The second kappa shape index (κ2) is 7.05. The van der Waals surface area contributed by atoms with E-state index in [0.29, 0.717) is 35.3 Å². The Morgan fingerprint density at radius 2 is 2.07 bits per heavy atom. The summed E-state index contributed by atoms with van der Waals surface area (Å²) in [5.41, 5.74) is 1.79. The third kappa shape index (κ3) is 3.02. The van der Waals surface area contributed by atoms with Gasteiger partial charge in [-0.15, -0.1) is 10.2 Å². The van der Waals surface area contributed by atoms with Crippen molar-refractivity contribution < 1.29 is 9.21 Å². The topological polar surface area (TPSA) is 97.9 Å². The minimum absolute atomic E-state index is 0.117. The van der Waals surface area contributed by atoms with Crippen molar-refractivity contribution in [2.45, 2.75) is 25.8 Å². The van der Waals surface area contributed by atoms with Crippen LogP contribution in [0.1, 0.15) is 40.8 Å². The monoisotopic (exact) mass is 386 g/mol.